The van der Waals surface area contributed by atoms with Crippen LogP contribution in [-0.2, 0) is 0 Å². The summed E-state index contributed by atoms with van der Waals surface area (Å²) in [4.78, 5) is 12.1. The molecular formula is C14H18O2S. The van der Waals surface area contributed by atoms with E-state index in [0.29, 0.717) is 0 Å². The molecule has 1 heterocycles. The Kier molecular flexibility index (Phi) is 4.49. The van der Waals surface area contributed by atoms with E-state index in [1.165, 1.54) is 6.42 Å². The second kappa shape index (κ2) is 6.10. The van der Waals surface area contributed by atoms with Crippen LogP contribution in [0.3, 0.4) is 0 Å². The first-order valence-corrected chi connectivity index (χ1v) is 7.25. The smallest absolute Gasteiger partial charge is 0.175 e. The van der Waals surface area contributed by atoms with Crippen LogP contribution in [0.25, 0.3) is 0 Å². The Labute approximate surface area is 107 Å². The van der Waals surface area contributed by atoms with Crippen molar-refractivity contribution in [1.82, 2.24) is 0 Å². The molecule has 1 aromatic carbocycles. The van der Waals surface area contributed by atoms with Crippen molar-refractivity contribution in [2.45, 2.75) is 31.4 Å². The van der Waals surface area contributed by atoms with Crippen LogP contribution >= 0.6 is 11.8 Å². The van der Waals surface area contributed by atoms with Crippen LogP contribution in [-0.4, -0.2) is 23.4 Å². The molecule has 1 unspecified atom stereocenters. The van der Waals surface area contributed by atoms with Crippen molar-refractivity contribution in [3.8, 4) is 5.75 Å². The number of hydrogen-bond donors (Lipinski definition) is 0. The summed E-state index contributed by atoms with van der Waals surface area (Å²) in [7, 11) is 0. The van der Waals surface area contributed by atoms with Gasteiger partial charge in [-0.25, -0.2) is 0 Å². The fourth-order valence-electron chi connectivity index (χ4n) is 1.91. The number of carbonyl (C=O) groups excluding carboxylic acids is 1. The lowest BCUT2D eigenvalue weighted by Gasteiger charge is -2.08. The van der Waals surface area contributed by atoms with Gasteiger partial charge in [0.25, 0.3) is 0 Å². The summed E-state index contributed by atoms with van der Waals surface area (Å²) < 4.78 is 5.50. The van der Waals surface area contributed by atoms with Gasteiger partial charge in [-0.15, -0.1) is 0 Å². The van der Waals surface area contributed by atoms with E-state index < -0.39 is 0 Å². The fourth-order valence-corrected chi connectivity index (χ4v) is 3.14. The molecule has 1 aliphatic heterocycles. The normalized spacial score (nSPS) is 19.2. The Balaban J connectivity index is 1.99. The first kappa shape index (κ1) is 12.5. The SMILES string of the molecule is CCCOc1ccc(C(=O)C2CCCS2)cc1. The molecule has 1 fully saturated rings. The van der Waals surface area contributed by atoms with Crippen LogP contribution in [0.4, 0.5) is 0 Å². The third kappa shape index (κ3) is 3.25. The average molecular weight is 250 g/mol. The Morgan fingerprint density at radius 2 is 2.18 bits per heavy atom. The van der Waals surface area contributed by atoms with Gasteiger partial charge in [0.2, 0.25) is 0 Å². The van der Waals surface area contributed by atoms with Gasteiger partial charge in [-0.1, -0.05) is 6.92 Å². The van der Waals surface area contributed by atoms with Crippen molar-refractivity contribution >= 4 is 17.5 Å². The molecule has 92 valence electrons. The number of Topliss-reactive ketones (excluding diaryl/α,β-unsaturated/α-hetero) is 1. The monoisotopic (exact) mass is 250 g/mol. The van der Waals surface area contributed by atoms with Crippen molar-refractivity contribution < 1.29 is 9.53 Å². The first-order valence-electron chi connectivity index (χ1n) is 6.20. The van der Waals surface area contributed by atoms with Gasteiger partial charge in [-0.2, -0.15) is 11.8 Å². The number of ether oxygens (including phenoxy) is 1. The second-order valence-corrected chi connectivity index (χ2v) is 5.55. The fraction of sp³-hybridized carbons (Fsp3) is 0.500. The number of ketones is 1. The molecule has 1 aliphatic rings. The van der Waals surface area contributed by atoms with E-state index in [4.69, 9.17) is 4.74 Å². The molecule has 2 rings (SSSR count). The highest BCUT2D eigenvalue weighted by Crippen LogP contribution is 2.29. The summed E-state index contributed by atoms with van der Waals surface area (Å²) in [5.74, 6) is 2.24. The summed E-state index contributed by atoms with van der Waals surface area (Å²) in [6.45, 7) is 2.81. The third-order valence-electron chi connectivity index (χ3n) is 2.83. The van der Waals surface area contributed by atoms with Crippen LogP contribution in [0, 0.1) is 0 Å². The summed E-state index contributed by atoms with van der Waals surface area (Å²) in [5, 5.41) is 0.178. The summed E-state index contributed by atoms with van der Waals surface area (Å²) in [5.41, 5.74) is 0.813. The molecule has 3 heteroatoms. The van der Waals surface area contributed by atoms with Crippen LogP contribution in [0.1, 0.15) is 36.5 Å². The molecule has 17 heavy (non-hydrogen) atoms. The standard InChI is InChI=1S/C14H18O2S/c1-2-9-16-12-7-5-11(6-8-12)14(15)13-4-3-10-17-13/h5-8,13H,2-4,9-10H2,1H3. The Bertz CT molecular complexity index is 366. The zero-order valence-corrected chi connectivity index (χ0v) is 11.0. The largest absolute Gasteiger partial charge is 0.494 e. The summed E-state index contributed by atoms with van der Waals surface area (Å²) in [6, 6.07) is 7.55. The molecule has 0 radical (unpaired) electrons. The van der Waals surface area contributed by atoms with E-state index in [2.05, 4.69) is 6.92 Å². The zero-order valence-electron chi connectivity index (χ0n) is 10.1. The lowest BCUT2D eigenvalue weighted by Crippen LogP contribution is -2.13. The predicted molar refractivity (Wildman–Crippen MR) is 72.0 cm³/mol. The van der Waals surface area contributed by atoms with Gasteiger partial charge in [-0.3, -0.25) is 4.79 Å². The topological polar surface area (TPSA) is 26.3 Å². The lowest BCUT2D eigenvalue weighted by molar-refractivity contribution is 0.0988. The molecule has 1 saturated heterocycles. The summed E-state index contributed by atoms with van der Waals surface area (Å²) >= 11 is 1.78. The van der Waals surface area contributed by atoms with Crippen molar-refractivity contribution in [1.29, 1.82) is 0 Å². The van der Waals surface area contributed by atoms with E-state index >= 15 is 0 Å². The highest BCUT2D eigenvalue weighted by atomic mass is 32.2. The van der Waals surface area contributed by atoms with Gasteiger partial charge < -0.3 is 4.74 Å². The Hall–Kier alpha value is -0.960. The number of hydrogen-bond acceptors (Lipinski definition) is 3. The van der Waals surface area contributed by atoms with E-state index in [0.717, 1.165) is 36.5 Å². The predicted octanol–water partition coefficient (Wildman–Crippen LogP) is 3.55. The molecule has 0 aromatic heterocycles. The highest BCUT2D eigenvalue weighted by Gasteiger charge is 2.24. The Morgan fingerprint density at radius 1 is 1.41 bits per heavy atom. The van der Waals surface area contributed by atoms with E-state index in [1.807, 2.05) is 24.3 Å². The van der Waals surface area contributed by atoms with Gasteiger partial charge in [0.15, 0.2) is 5.78 Å². The van der Waals surface area contributed by atoms with Crippen molar-refractivity contribution in [2.75, 3.05) is 12.4 Å². The number of thioether (sulfide) groups is 1. The van der Waals surface area contributed by atoms with Gasteiger partial charge >= 0.3 is 0 Å². The molecule has 1 atom stereocenters. The molecule has 0 saturated carbocycles. The molecule has 0 spiro atoms. The minimum atomic E-state index is 0.178. The van der Waals surface area contributed by atoms with Crippen LogP contribution in [0.15, 0.2) is 24.3 Å². The number of carbonyl (C=O) groups is 1. The Morgan fingerprint density at radius 3 is 2.76 bits per heavy atom. The molecule has 0 aliphatic carbocycles. The second-order valence-electron chi connectivity index (χ2n) is 4.24. The van der Waals surface area contributed by atoms with Crippen LogP contribution in [0.5, 0.6) is 5.75 Å². The zero-order chi connectivity index (χ0) is 12.1. The number of benzene rings is 1. The van der Waals surface area contributed by atoms with E-state index in [1.54, 1.807) is 11.8 Å². The quantitative estimate of drug-likeness (QED) is 0.747. The molecular weight excluding hydrogens is 232 g/mol. The van der Waals surface area contributed by atoms with Crippen molar-refractivity contribution in [3.63, 3.8) is 0 Å². The summed E-state index contributed by atoms with van der Waals surface area (Å²) in [6.07, 6.45) is 3.19. The van der Waals surface area contributed by atoms with Crippen molar-refractivity contribution in [3.05, 3.63) is 29.8 Å². The highest BCUT2D eigenvalue weighted by molar-refractivity contribution is 8.00. The average Bonchev–Trinajstić information content (AvgIpc) is 2.90. The maximum Gasteiger partial charge on any atom is 0.175 e. The molecule has 1 aromatic rings. The number of rotatable bonds is 5. The third-order valence-corrected chi connectivity index (χ3v) is 4.21. The lowest BCUT2D eigenvalue weighted by atomic mass is 10.1. The molecule has 0 bridgehead atoms. The minimum absolute atomic E-state index is 0.178. The molecule has 0 N–H and O–H groups in total. The maximum absolute atomic E-state index is 12.1. The minimum Gasteiger partial charge on any atom is -0.494 e. The first-order chi connectivity index (χ1) is 8.31. The van der Waals surface area contributed by atoms with Gasteiger partial charge in [0.1, 0.15) is 5.75 Å². The van der Waals surface area contributed by atoms with E-state index in [-0.39, 0.29) is 11.0 Å². The van der Waals surface area contributed by atoms with Crippen molar-refractivity contribution in [2.24, 2.45) is 0 Å². The van der Waals surface area contributed by atoms with Gasteiger partial charge in [0.05, 0.1) is 11.9 Å². The molecule has 0 amide bonds. The maximum atomic E-state index is 12.1. The van der Waals surface area contributed by atoms with Crippen LogP contribution < -0.4 is 4.74 Å². The molecule has 2 nitrogen and oxygen atoms in total. The van der Waals surface area contributed by atoms with Crippen LogP contribution in [0.2, 0.25) is 0 Å². The van der Waals surface area contributed by atoms with Gasteiger partial charge in [0, 0.05) is 5.56 Å². The van der Waals surface area contributed by atoms with Gasteiger partial charge in [-0.05, 0) is 49.3 Å². The van der Waals surface area contributed by atoms with E-state index in [9.17, 15) is 4.79 Å².